The van der Waals surface area contributed by atoms with Crippen molar-refractivity contribution < 1.29 is 0 Å². The zero-order valence-electron chi connectivity index (χ0n) is 8.03. The lowest BCUT2D eigenvalue weighted by molar-refractivity contribution is 1.19. The second-order valence-electron chi connectivity index (χ2n) is 3.17. The van der Waals surface area contributed by atoms with Crippen LogP contribution in [-0.2, 0) is 6.54 Å². The van der Waals surface area contributed by atoms with Gasteiger partial charge in [0.05, 0.1) is 11.6 Å². The molecule has 0 saturated heterocycles. The summed E-state index contributed by atoms with van der Waals surface area (Å²) in [5.74, 6) is 0. The lowest BCUT2D eigenvalue weighted by Gasteiger charge is -2.05. The Bertz CT molecular complexity index is 436. The van der Waals surface area contributed by atoms with Crippen molar-refractivity contribution in [2.45, 2.75) is 6.54 Å². The number of hydrogen-bond acceptors (Lipinski definition) is 3. The fourth-order valence-electron chi connectivity index (χ4n) is 1.23. The molecule has 1 aromatic carbocycles. The molecule has 2 rings (SSSR count). The van der Waals surface area contributed by atoms with E-state index < -0.39 is 0 Å². The molecule has 0 fully saturated rings. The third kappa shape index (κ3) is 2.64. The Morgan fingerprint density at radius 3 is 2.53 bits per heavy atom. The van der Waals surface area contributed by atoms with Crippen molar-refractivity contribution in [1.82, 2.24) is 0 Å². The first-order valence-electron chi connectivity index (χ1n) is 4.57. The first-order valence-corrected chi connectivity index (χ1v) is 5.83. The van der Waals surface area contributed by atoms with Crippen LogP contribution in [0.2, 0.25) is 5.02 Å². The van der Waals surface area contributed by atoms with E-state index in [1.807, 2.05) is 35.7 Å². The smallest absolute Gasteiger partial charge is 0.0563 e. The summed E-state index contributed by atoms with van der Waals surface area (Å²) in [4.78, 5) is 1.15. The van der Waals surface area contributed by atoms with Crippen LogP contribution in [-0.4, -0.2) is 0 Å². The molecule has 0 amide bonds. The molecular formula is C11H11ClN2S. The van der Waals surface area contributed by atoms with E-state index in [1.165, 1.54) is 0 Å². The molecule has 0 saturated carbocycles. The first kappa shape index (κ1) is 10.3. The Morgan fingerprint density at radius 2 is 1.93 bits per heavy atom. The van der Waals surface area contributed by atoms with Crippen molar-refractivity contribution >= 4 is 34.3 Å². The number of anilines is 2. The Labute approximate surface area is 97.7 Å². The summed E-state index contributed by atoms with van der Waals surface area (Å²) in [6, 6.07) is 9.57. The van der Waals surface area contributed by atoms with Crippen molar-refractivity contribution in [2.75, 3.05) is 11.1 Å². The zero-order valence-corrected chi connectivity index (χ0v) is 9.61. The highest BCUT2D eigenvalue weighted by atomic mass is 35.5. The maximum absolute atomic E-state index is 5.98. The molecule has 0 aliphatic rings. The molecule has 0 radical (unpaired) electrons. The SMILES string of the molecule is Nc1ccc(NCc2sccc2Cl)cc1. The van der Waals surface area contributed by atoms with Crippen LogP contribution in [0.25, 0.3) is 0 Å². The van der Waals surface area contributed by atoms with Gasteiger partial charge in [-0.15, -0.1) is 11.3 Å². The van der Waals surface area contributed by atoms with Crippen LogP contribution >= 0.6 is 22.9 Å². The molecule has 0 bridgehead atoms. The van der Waals surface area contributed by atoms with Gasteiger partial charge in [-0.3, -0.25) is 0 Å². The van der Waals surface area contributed by atoms with Gasteiger partial charge in [-0.1, -0.05) is 11.6 Å². The van der Waals surface area contributed by atoms with Crippen LogP contribution in [0.1, 0.15) is 4.88 Å². The molecule has 0 unspecified atom stereocenters. The molecule has 1 aromatic heterocycles. The lowest BCUT2D eigenvalue weighted by Crippen LogP contribution is -1.97. The Morgan fingerprint density at radius 1 is 1.20 bits per heavy atom. The van der Waals surface area contributed by atoms with Crippen molar-refractivity contribution in [1.29, 1.82) is 0 Å². The topological polar surface area (TPSA) is 38.0 Å². The lowest BCUT2D eigenvalue weighted by atomic mass is 10.3. The van der Waals surface area contributed by atoms with Gasteiger partial charge in [0.25, 0.3) is 0 Å². The fourth-order valence-corrected chi connectivity index (χ4v) is 2.28. The summed E-state index contributed by atoms with van der Waals surface area (Å²) < 4.78 is 0. The molecule has 1 heterocycles. The second kappa shape index (κ2) is 4.55. The van der Waals surface area contributed by atoms with Crippen LogP contribution in [0.3, 0.4) is 0 Å². The minimum Gasteiger partial charge on any atom is -0.399 e. The molecule has 0 spiro atoms. The average molecular weight is 239 g/mol. The molecule has 0 aliphatic carbocycles. The van der Waals surface area contributed by atoms with Crippen LogP contribution < -0.4 is 11.1 Å². The molecule has 0 aliphatic heterocycles. The van der Waals surface area contributed by atoms with Gasteiger partial charge in [0.2, 0.25) is 0 Å². The molecule has 2 nitrogen and oxygen atoms in total. The van der Waals surface area contributed by atoms with Crippen LogP contribution in [0, 0.1) is 0 Å². The van der Waals surface area contributed by atoms with E-state index in [2.05, 4.69) is 5.32 Å². The summed E-state index contributed by atoms with van der Waals surface area (Å²) >= 11 is 7.63. The molecule has 0 atom stereocenters. The van der Waals surface area contributed by atoms with Gasteiger partial charge >= 0.3 is 0 Å². The van der Waals surface area contributed by atoms with E-state index in [0.717, 1.165) is 27.8 Å². The second-order valence-corrected chi connectivity index (χ2v) is 4.58. The van der Waals surface area contributed by atoms with Gasteiger partial charge < -0.3 is 11.1 Å². The van der Waals surface area contributed by atoms with E-state index >= 15 is 0 Å². The number of thiophene rings is 1. The van der Waals surface area contributed by atoms with Gasteiger partial charge in [-0.25, -0.2) is 0 Å². The maximum Gasteiger partial charge on any atom is 0.0563 e. The van der Waals surface area contributed by atoms with Crippen LogP contribution in [0.15, 0.2) is 35.7 Å². The van der Waals surface area contributed by atoms with Crippen molar-refractivity contribution in [3.8, 4) is 0 Å². The van der Waals surface area contributed by atoms with E-state index in [1.54, 1.807) is 11.3 Å². The molecule has 2 aromatic rings. The van der Waals surface area contributed by atoms with E-state index in [0.29, 0.717) is 0 Å². The number of nitrogens with two attached hydrogens (primary N) is 1. The first-order chi connectivity index (χ1) is 7.25. The number of rotatable bonds is 3. The van der Waals surface area contributed by atoms with Crippen molar-refractivity contribution in [2.24, 2.45) is 0 Å². The molecule has 3 N–H and O–H groups in total. The predicted octanol–water partition coefficient (Wildman–Crippen LogP) is 3.60. The summed E-state index contributed by atoms with van der Waals surface area (Å²) in [5, 5.41) is 6.10. The normalized spacial score (nSPS) is 10.2. The third-order valence-electron chi connectivity index (χ3n) is 2.05. The highest BCUT2D eigenvalue weighted by Gasteiger charge is 2.00. The standard InChI is InChI=1S/C11H11ClN2S/c12-10-5-6-15-11(10)7-14-9-3-1-8(13)2-4-9/h1-6,14H,7,13H2. The number of halogens is 1. The molecule has 15 heavy (non-hydrogen) atoms. The highest BCUT2D eigenvalue weighted by Crippen LogP contribution is 2.23. The number of benzene rings is 1. The van der Waals surface area contributed by atoms with E-state index in [-0.39, 0.29) is 0 Å². The minimum absolute atomic E-state index is 0.750. The average Bonchev–Trinajstić information content (AvgIpc) is 2.63. The molecular weight excluding hydrogens is 228 g/mol. The van der Waals surface area contributed by atoms with Gasteiger partial charge in [0.1, 0.15) is 0 Å². The summed E-state index contributed by atoms with van der Waals surface area (Å²) in [5.41, 5.74) is 7.42. The molecule has 4 heteroatoms. The number of nitrogen functional groups attached to an aromatic ring is 1. The van der Waals surface area contributed by atoms with Gasteiger partial charge in [-0.05, 0) is 35.7 Å². The third-order valence-corrected chi connectivity index (χ3v) is 3.44. The summed E-state index contributed by atoms with van der Waals surface area (Å²) in [6.07, 6.45) is 0. The number of hydrogen-bond donors (Lipinski definition) is 2. The van der Waals surface area contributed by atoms with Gasteiger partial charge in [0, 0.05) is 16.3 Å². The quantitative estimate of drug-likeness (QED) is 0.802. The predicted molar refractivity (Wildman–Crippen MR) is 67.5 cm³/mol. The largest absolute Gasteiger partial charge is 0.399 e. The minimum atomic E-state index is 0.750. The van der Waals surface area contributed by atoms with Crippen molar-refractivity contribution in [3.63, 3.8) is 0 Å². The Hall–Kier alpha value is -1.19. The summed E-state index contributed by atoms with van der Waals surface area (Å²) in [7, 11) is 0. The van der Waals surface area contributed by atoms with Gasteiger partial charge in [-0.2, -0.15) is 0 Å². The highest BCUT2D eigenvalue weighted by molar-refractivity contribution is 7.10. The molecule has 78 valence electrons. The zero-order chi connectivity index (χ0) is 10.7. The summed E-state index contributed by atoms with van der Waals surface area (Å²) in [6.45, 7) is 0.750. The Balaban J connectivity index is 1.99. The van der Waals surface area contributed by atoms with E-state index in [9.17, 15) is 0 Å². The van der Waals surface area contributed by atoms with E-state index in [4.69, 9.17) is 17.3 Å². The fraction of sp³-hybridized carbons (Fsp3) is 0.0909. The van der Waals surface area contributed by atoms with Gasteiger partial charge in [0.15, 0.2) is 0 Å². The maximum atomic E-state index is 5.98. The van der Waals surface area contributed by atoms with Crippen molar-refractivity contribution in [3.05, 3.63) is 45.6 Å². The van der Waals surface area contributed by atoms with Crippen LogP contribution in [0.4, 0.5) is 11.4 Å². The van der Waals surface area contributed by atoms with Crippen LogP contribution in [0.5, 0.6) is 0 Å². The monoisotopic (exact) mass is 238 g/mol. The Kier molecular flexibility index (Phi) is 3.14. The number of nitrogens with one attached hydrogen (secondary N) is 1.